The van der Waals surface area contributed by atoms with E-state index < -0.39 is 6.10 Å². The maximum Gasteiger partial charge on any atom is 0.306 e. The second kappa shape index (κ2) is 47.8. The molecule has 0 aliphatic heterocycles. The van der Waals surface area contributed by atoms with E-state index in [0.29, 0.717) is 19.3 Å². The summed E-state index contributed by atoms with van der Waals surface area (Å²) in [4.78, 5) is 37.9. The number of hydrogen-bond acceptors (Lipinski definition) is 6. The molecular weight excluding hydrogens is 721 g/mol. The van der Waals surface area contributed by atoms with Gasteiger partial charge in [0.15, 0.2) is 6.10 Å². The van der Waals surface area contributed by atoms with Gasteiger partial charge in [-0.1, -0.05) is 232 Å². The third-order valence-corrected chi connectivity index (χ3v) is 11.5. The molecule has 1 unspecified atom stereocenters. The van der Waals surface area contributed by atoms with Crippen LogP contribution in [0.3, 0.4) is 0 Å². The van der Waals surface area contributed by atoms with Gasteiger partial charge in [-0.3, -0.25) is 14.4 Å². The Morgan fingerprint density at radius 3 is 0.897 bits per heavy atom. The Morgan fingerprint density at radius 2 is 0.569 bits per heavy atom. The smallest absolute Gasteiger partial charge is 0.306 e. The molecule has 0 heterocycles. The van der Waals surface area contributed by atoms with Gasteiger partial charge in [0.25, 0.3) is 0 Å². The number of hydrogen-bond donors (Lipinski definition) is 0. The van der Waals surface area contributed by atoms with Crippen molar-refractivity contribution in [1.29, 1.82) is 0 Å². The van der Waals surface area contributed by atoms with Crippen molar-refractivity contribution in [3.05, 3.63) is 12.2 Å². The van der Waals surface area contributed by atoms with Gasteiger partial charge < -0.3 is 14.2 Å². The van der Waals surface area contributed by atoms with Gasteiger partial charge in [-0.25, -0.2) is 0 Å². The van der Waals surface area contributed by atoms with Crippen LogP contribution in [0.4, 0.5) is 0 Å². The molecule has 0 aromatic rings. The van der Waals surface area contributed by atoms with Crippen molar-refractivity contribution in [2.75, 3.05) is 13.2 Å². The fraction of sp³-hybridized carbons (Fsp3) is 0.904. The molecule has 0 spiro atoms. The molecule has 342 valence electrons. The summed E-state index contributed by atoms with van der Waals surface area (Å²) in [5.74, 6) is -0.863. The molecule has 6 heteroatoms. The lowest BCUT2D eigenvalue weighted by molar-refractivity contribution is -0.167. The van der Waals surface area contributed by atoms with E-state index in [9.17, 15) is 14.4 Å². The van der Waals surface area contributed by atoms with Gasteiger partial charge in [0.05, 0.1) is 0 Å². The molecule has 1 atom stereocenters. The second-order valence-corrected chi connectivity index (χ2v) is 17.4. The summed E-state index contributed by atoms with van der Waals surface area (Å²) in [5.41, 5.74) is 0. The Bertz CT molecular complexity index is 900. The number of allylic oxidation sites excluding steroid dienone is 2. The molecule has 0 aliphatic carbocycles. The van der Waals surface area contributed by atoms with Crippen molar-refractivity contribution in [3.8, 4) is 0 Å². The highest BCUT2D eigenvalue weighted by Crippen LogP contribution is 2.16. The molecule has 0 aliphatic rings. The van der Waals surface area contributed by atoms with Gasteiger partial charge >= 0.3 is 17.9 Å². The molecule has 0 aromatic heterocycles. The number of carbonyl (C=O) groups is 3. The van der Waals surface area contributed by atoms with Crippen LogP contribution in [0.1, 0.15) is 284 Å². The first-order valence-electron chi connectivity index (χ1n) is 25.7. The summed E-state index contributed by atoms with van der Waals surface area (Å²) in [6, 6.07) is 0. The van der Waals surface area contributed by atoms with Crippen LogP contribution in [0.5, 0.6) is 0 Å². The lowest BCUT2D eigenvalue weighted by atomic mass is 10.0. The van der Waals surface area contributed by atoms with Gasteiger partial charge in [0.2, 0.25) is 0 Å². The first-order valence-corrected chi connectivity index (χ1v) is 25.7. The molecule has 0 amide bonds. The molecule has 0 aromatic carbocycles. The number of unbranched alkanes of at least 4 members (excludes halogenated alkanes) is 34. The molecule has 58 heavy (non-hydrogen) atoms. The van der Waals surface area contributed by atoms with Crippen molar-refractivity contribution in [1.82, 2.24) is 0 Å². The molecule has 6 nitrogen and oxygen atoms in total. The third-order valence-electron chi connectivity index (χ3n) is 11.5. The van der Waals surface area contributed by atoms with Crippen molar-refractivity contribution in [3.63, 3.8) is 0 Å². The Kier molecular flexibility index (Phi) is 46.3. The number of ether oxygens (including phenoxy) is 3. The number of rotatable bonds is 47. The normalized spacial score (nSPS) is 12.0. The predicted molar refractivity (Wildman–Crippen MR) is 247 cm³/mol. The van der Waals surface area contributed by atoms with Gasteiger partial charge in [0.1, 0.15) is 13.2 Å². The Balaban J connectivity index is 4.29. The minimum absolute atomic E-state index is 0.0682. The van der Waals surface area contributed by atoms with Crippen LogP contribution in [0.15, 0.2) is 12.2 Å². The quantitative estimate of drug-likeness (QED) is 0.0263. The largest absolute Gasteiger partial charge is 0.462 e. The molecule has 0 fully saturated rings. The lowest BCUT2D eigenvalue weighted by Crippen LogP contribution is -2.30. The molecule has 0 radical (unpaired) electrons. The van der Waals surface area contributed by atoms with E-state index in [1.807, 2.05) is 0 Å². The van der Waals surface area contributed by atoms with E-state index in [-0.39, 0.29) is 31.1 Å². The Labute approximate surface area is 360 Å². The van der Waals surface area contributed by atoms with Crippen molar-refractivity contribution < 1.29 is 28.6 Å². The average Bonchev–Trinajstić information content (AvgIpc) is 3.22. The molecule has 0 saturated heterocycles. The predicted octanol–water partition coefficient (Wildman–Crippen LogP) is 16.6. The third kappa shape index (κ3) is 45.2. The van der Waals surface area contributed by atoms with Gasteiger partial charge in [-0.05, 0) is 44.9 Å². The first-order chi connectivity index (χ1) is 28.5. The topological polar surface area (TPSA) is 78.9 Å². The summed E-state index contributed by atoms with van der Waals surface area (Å²) in [5, 5.41) is 0. The van der Waals surface area contributed by atoms with E-state index in [4.69, 9.17) is 14.2 Å². The minimum atomic E-state index is -0.766. The van der Waals surface area contributed by atoms with Crippen molar-refractivity contribution in [2.24, 2.45) is 0 Å². The fourth-order valence-electron chi connectivity index (χ4n) is 7.61. The van der Waals surface area contributed by atoms with Gasteiger partial charge in [-0.15, -0.1) is 0 Å². The summed E-state index contributed by atoms with van der Waals surface area (Å²) >= 11 is 0. The van der Waals surface area contributed by atoms with Gasteiger partial charge in [0, 0.05) is 19.3 Å². The number of esters is 3. The maximum absolute atomic E-state index is 12.7. The van der Waals surface area contributed by atoms with E-state index in [1.54, 1.807) is 0 Å². The minimum Gasteiger partial charge on any atom is -0.462 e. The van der Waals surface area contributed by atoms with Crippen LogP contribution in [-0.2, 0) is 28.6 Å². The SMILES string of the molecule is CCCCC/C=C\CCCCCCCC(=O)OC(COC(=O)CCCCCCCCCCCCC)COC(=O)CCCCCCCCCCCCCCCCCCC. The Morgan fingerprint density at radius 1 is 0.328 bits per heavy atom. The van der Waals surface area contributed by atoms with E-state index in [1.165, 1.54) is 180 Å². The maximum atomic E-state index is 12.7. The van der Waals surface area contributed by atoms with Gasteiger partial charge in [-0.2, -0.15) is 0 Å². The molecule has 0 saturated carbocycles. The standard InChI is InChI=1S/C52H98O6/c1-4-7-10-13-16-19-22-24-25-26-27-28-31-33-36-39-42-45-51(54)57-48-49(47-56-50(53)44-41-38-35-32-29-21-18-15-12-9-6-3)58-52(55)46-43-40-37-34-30-23-20-17-14-11-8-5-2/h17,20,49H,4-16,18-19,21-48H2,1-3H3/b20-17-. The Hall–Kier alpha value is -1.85. The molecular formula is C52H98O6. The van der Waals surface area contributed by atoms with Crippen molar-refractivity contribution >= 4 is 17.9 Å². The molecule has 0 bridgehead atoms. The van der Waals surface area contributed by atoms with Crippen LogP contribution in [0, 0.1) is 0 Å². The van der Waals surface area contributed by atoms with Crippen LogP contribution >= 0.6 is 0 Å². The second-order valence-electron chi connectivity index (χ2n) is 17.4. The van der Waals surface area contributed by atoms with Crippen LogP contribution in [0.2, 0.25) is 0 Å². The van der Waals surface area contributed by atoms with Crippen LogP contribution in [0.25, 0.3) is 0 Å². The van der Waals surface area contributed by atoms with E-state index >= 15 is 0 Å². The van der Waals surface area contributed by atoms with E-state index in [0.717, 1.165) is 64.2 Å². The highest BCUT2D eigenvalue weighted by molar-refractivity contribution is 5.71. The zero-order chi connectivity index (χ0) is 42.3. The summed E-state index contributed by atoms with van der Waals surface area (Å²) in [7, 11) is 0. The monoisotopic (exact) mass is 819 g/mol. The lowest BCUT2D eigenvalue weighted by Gasteiger charge is -2.18. The molecule has 0 N–H and O–H groups in total. The van der Waals surface area contributed by atoms with E-state index in [2.05, 4.69) is 32.9 Å². The zero-order valence-corrected chi connectivity index (χ0v) is 39.1. The highest BCUT2D eigenvalue weighted by atomic mass is 16.6. The highest BCUT2D eigenvalue weighted by Gasteiger charge is 2.19. The van der Waals surface area contributed by atoms with Crippen LogP contribution < -0.4 is 0 Å². The summed E-state index contributed by atoms with van der Waals surface area (Å²) in [6.45, 7) is 6.63. The molecule has 0 rings (SSSR count). The zero-order valence-electron chi connectivity index (χ0n) is 39.1. The number of carbonyl (C=O) groups excluding carboxylic acids is 3. The van der Waals surface area contributed by atoms with Crippen LogP contribution in [-0.4, -0.2) is 37.2 Å². The fourth-order valence-corrected chi connectivity index (χ4v) is 7.61. The average molecular weight is 819 g/mol. The summed E-state index contributed by atoms with van der Waals surface area (Å²) in [6.07, 6.45) is 51.9. The first kappa shape index (κ1) is 56.1. The van der Waals surface area contributed by atoms with Crippen molar-refractivity contribution in [2.45, 2.75) is 290 Å². The summed E-state index contributed by atoms with van der Waals surface area (Å²) < 4.78 is 16.8.